The number of carbonyl (C=O) groups is 1. The summed E-state index contributed by atoms with van der Waals surface area (Å²) in [6.07, 6.45) is 3.50. The number of aryl methyl sites for hydroxylation is 2. The summed E-state index contributed by atoms with van der Waals surface area (Å²) in [7, 11) is 0. The van der Waals surface area contributed by atoms with Gasteiger partial charge in [-0.25, -0.2) is 0 Å². The van der Waals surface area contributed by atoms with Crippen molar-refractivity contribution in [1.82, 2.24) is 24.9 Å². The fourth-order valence-electron chi connectivity index (χ4n) is 2.60. The van der Waals surface area contributed by atoms with Crippen molar-refractivity contribution in [1.29, 1.82) is 0 Å². The van der Waals surface area contributed by atoms with E-state index in [4.69, 9.17) is 4.74 Å². The van der Waals surface area contributed by atoms with Crippen LogP contribution < -0.4 is 0 Å². The molecular formula is C14H19N5O2. The smallest absolute Gasteiger partial charge is 0.258 e. The first-order chi connectivity index (χ1) is 10.2. The number of hydrogen-bond acceptors (Lipinski definition) is 4. The molecule has 0 bridgehead atoms. The van der Waals surface area contributed by atoms with E-state index in [0.29, 0.717) is 25.3 Å². The Morgan fingerprint density at radius 1 is 1.57 bits per heavy atom. The number of H-pyrrole nitrogens is 1. The molecule has 1 amide bonds. The van der Waals surface area contributed by atoms with Gasteiger partial charge < -0.3 is 9.64 Å². The molecule has 7 nitrogen and oxygen atoms in total. The van der Waals surface area contributed by atoms with Gasteiger partial charge in [-0.05, 0) is 19.9 Å². The van der Waals surface area contributed by atoms with Gasteiger partial charge in [-0.15, -0.1) is 0 Å². The Hall–Kier alpha value is -2.15. The maximum Gasteiger partial charge on any atom is 0.258 e. The lowest BCUT2D eigenvalue weighted by molar-refractivity contribution is -0.00395. The Morgan fingerprint density at radius 2 is 2.43 bits per heavy atom. The topological polar surface area (TPSA) is 76.0 Å². The summed E-state index contributed by atoms with van der Waals surface area (Å²) in [6.45, 7) is 6.22. The summed E-state index contributed by atoms with van der Waals surface area (Å²) in [5.41, 5.74) is 2.31. The normalized spacial score (nSPS) is 19.0. The second-order valence-electron chi connectivity index (χ2n) is 5.09. The van der Waals surface area contributed by atoms with E-state index in [1.165, 1.54) is 0 Å². The van der Waals surface area contributed by atoms with Gasteiger partial charge in [-0.3, -0.25) is 14.6 Å². The van der Waals surface area contributed by atoms with Crippen LogP contribution in [-0.4, -0.2) is 50.5 Å². The molecule has 1 aliphatic heterocycles. The first-order valence-electron chi connectivity index (χ1n) is 7.12. The van der Waals surface area contributed by atoms with Crippen molar-refractivity contribution in [2.24, 2.45) is 0 Å². The van der Waals surface area contributed by atoms with E-state index in [1.54, 1.807) is 10.9 Å². The molecule has 0 spiro atoms. The molecule has 1 aliphatic rings. The molecule has 1 fully saturated rings. The van der Waals surface area contributed by atoms with Crippen LogP contribution in [0, 0.1) is 6.92 Å². The third-order valence-corrected chi connectivity index (χ3v) is 3.77. The molecule has 112 valence electrons. The van der Waals surface area contributed by atoms with Crippen LogP contribution in [0.1, 0.15) is 34.7 Å². The molecule has 1 unspecified atom stereocenters. The zero-order valence-corrected chi connectivity index (χ0v) is 12.2. The third kappa shape index (κ3) is 2.56. The molecule has 21 heavy (non-hydrogen) atoms. The lowest BCUT2D eigenvalue weighted by Gasteiger charge is -2.34. The van der Waals surface area contributed by atoms with E-state index in [9.17, 15) is 4.79 Å². The van der Waals surface area contributed by atoms with Crippen molar-refractivity contribution in [3.05, 3.63) is 35.4 Å². The number of ether oxygens (including phenoxy) is 1. The zero-order valence-electron chi connectivity index (χ0n) is 12.2. The maximum absolute atomic E-state index is 12.8. The van der Waals surface area contributed by atoms with Crippen molar-refractivity contribution in [2.45, 2.75) is 26.4 Å². The average molecular weight is 289 g/mol. The summed E-state index contributed by atoms with van der Waals surface area (Å²) < 4.78 is 7.30. The minimum Gasteiger partial charge on any atom is -0.377 e. The van der Waals surface area contributed by atoms with Gasteiger partial charge in [-0.2, -0.15) is 10.2 Å². The minimum absolute atomic E-state index is 0.00454. The molecular weight excluding hydrogens is 270 g/mol. The summed E-state index contributed by atoms with van der Waals surface area (Å²) in [4.78, 5) is 14.7. The number of carbonyl (C=O) groups excluding carboxylic acids is 1. The van der Waals surface area contributed by atoms with E-state index in [0.717, 1.165) is 17.9 Å². The Bertz CT molecular complexity index is 619. The molecule has 0 radical (unpaired) electrons. The van der Waals surface area contributed by atoms with Gasteiger partial charge in [0.2, 0.25) is 0 Å². The molecule has 7 heteroatoms. The van der Waals surface area contributed by atoms with Gasteiger partial charge in [0.25, 0.3) is 5.91 Å². The average Bonchev–Trinajstić information content (AvgIpc) is 3.16. The van der Waals surface area contributed by atoms with Crippen LogP contribution in [0.3, 0.4) is 0 Å². The lowest BCUT2D eigenvalue weighted by atomic mass is 10.1. The number of aromatic nitrogens is 4. The van der Waals surface area contributed by atoms with Gasteiger partial charge >= 0.3 is 0 Å². The molecule has 2 aromatic heterocycles. The van der Waals surface area contributed by atoms with Gasteiger partial charge in [0, 0.05) is 25.5 Å². The predicted octanol–water partition coefficient (Wildman–Crippen LogP) is 1.15. The van der Waals surface area contributed by atoms with Crippen LogP contribution in [0.5, 0.6) is 0 Å². The van der Waals surface area contributed by atoms with E-state index in [-0.39, 0.29) is 11.9 Å². The number of rotatable bonds is 3. The Kier molecular flexibility index (Phi) is 3.74. The van der Waals surface area contributed by atoms with Crippen molar-refractivity contribution in [2.75, 3.05) is 19.8 Å². The minimum atomic E-state index is -0.127. The summed E-state index contributed by atoms with van der Waals surface area (Å²) >= 11 is 0. The highest BCUT2D eigenvalue weighted by atomic mass is 16.5. The summed E-state index contributed by atoms with van der Waals surface area (Å²) in [5.74, 6) is -0.00454. The van der Waals surface area contributed by atoms with Crippen LogP contribution in [0.2, 0.25) is 0 Å². The highest BCUT2D eigenvalue weighted by Gasteiger charge is 2.31. The number of amides is 1. The molecule has 1 N–H and O–H groups in total. The number of aromatic amines is 1. The monoisotopic (exact) mass is 289 g/mol. The van der Waals surface area contributed by atoms with E-state index < -0.39 is 0 Å². The Morgan fingerprint density at radius 3 is 3.10 bits per heavy atom. The highest BCUT2D eigenvalue weighted by Crippen LogP contribution is 2.25. The molecule has 0 aromatic carbocycles. The molecule has 2 aromatic rings. The summed E-state index contributed by atoms with van der Waals surface area (Å²) in [5, 5.41) is 11.2. The first kappa shape index (κ1) is 13.8. The van der Waals surface area contributed by atoms with Crippen molar-refractivity contribution >= 4 is 5.91 Å². The SMILES string of the molecule is CCn1cc(C(=O)N2CCOCC2c2ccn[nH]2)c(C)n1. The van der Waals surface area contributed by atoms with Crippen LogP contribution >= 0.6 is 0 Å². The quantitative estimate of drug-likeness (QED) is 0.919. The highest BCUT2D eigenvalue weighted by molar-refractivity contribution is 5.95. The molecule has 0 saturated carbocycles. The van der Waals surface area contributed by atoms with Crippen molar-refractivity contribution in [3.8, 4) is 0 Å². The molecule has 1 saturated heterocycles. The maximum atomic E-state index is 12.8. The number of nitrogens with one attached hydrogen (secondary N) is 1. The zero-order chi connectivity index (χ0) is 14.8. The fourth-order valence-corrected chi connectivity index (χ4v) is 2.60. The molecule has 1 atom stereocenters. The number of nitrogens with zero attached hydrogens (tertiary/aromatic N) is 4. The van der Waals surface area contributed by atoms with Gasteiger partial charge in [0.05, 0.1) is 36.2 Å². The van der Waals surface area contributed by atoms with Crippen LogP contribution in [0.25, 0.3) is 0 Å². The van der Waals surface area contributed by atoms with Gasteiger partial charge in [0.1, 0.15) is 0 Å². The predicted molar refractivity (Wildman–Crippen MR) is 75.8 cm³/mol. The van der Waals surface area contributed by atoms with Gasteiger partial charge in [-0.1, -0.05) is 0 Å². The first-order valence-corrected chi connectivity index (χ1v) is 7.12. The van der Waals surface area contributed by atoms with Crippen LogP contribution in [-0.2, 0) is 11.3 Å². The standard InChI is InChI=1S/C14H19N5O2/c1-3-18-8-11(10(2)17-18)14(20)19-6-7-21-9-13(19)12-4-5-15-16-12/h4-5,8,13H,3,6-7,9H2,1-2H3,(H,15,16). The largest absolute Gasteiger partial charge is 0.377 e. The van der Waals surface area contributed by atoms with E-state index in [2.05, 4.69) is 15.3 Å². The van der Waals surface area contributed by atoms with E-state index in [1.807, 2.05) is 31.0 Å². The number of hydrogen-bond donors (Lipinski definition) is 1. The Balaban J connectivity index is 1.89. The van der Waals surface area contributed by atoms with E-state index >= 15 is 0 Å². The second-order valence-corrected chi connectivity index (χ2v) is 5.09. The van der Waals surface area contributed by atoms with Crippen molar-refractivity contribution in [3.63, 3.8) is 0 Å². The van der Waals surface area contributed by atoms with Crippen LogP contribution in [0.4, 0.5) is 0 Å². The van der Waals surface area contributed by atoms with Crippen molar-refractivity contribution < 1.29 is 9.53 Å². The fraction of sp³-hybridized carbons (Fsp3) is 0.500. The third-order valence-electron chi connectivity index (χ3n) is 3.77. The summed E-state index contributed by atoms with van der Waals surface area (Å²) in [6, 6.07) is 1.75. The lowest BCUT2D eigenvalue weighted by Crippen LogP contribution is -2.43. The second kappa shape index (κ2) is 5.69. The Labute approximate surface area is 122 Å². The van der Waals surface area contributed by atoms with Crippen LogP contribution in [0.15, 0.2) is 18.5 Å². The molecule has 3 heterocycles. The molecule has 0 aliphatic carbocycles. The number of morpholine rings is 1. The molecule has 3 rings (SSSR count). The van der Waals surface area contributed by atoms with Gasteiger partial charge in [0.15, 0.2) is 0 Å².